The van der Waals surface area contributed by atoms with E-state index in [-0.39, 0.29) is 18.2 Å². The number of nitrogens with zero attached hydrogens (tertiary/aromatic N) is 2. The highest BCUT2D eigenvalue weighted by Crippen LogP contribution is 2.32. The maximum atomic E-state index is 13.3. The van der Waals surface area contributed by atoms with E-state index in [1.54, 1.807) is 36.3 Å². The summed E-state index contributed by atoms with van der Waals surface area (Å²) >= 11 is 7.31. The summed E-state index contributed by atoms with van der Waals surface area (Å²) < 4.78 is 5.23. The Morgan fingerprint density at radius 3 is 2.49 bits per heavy atom. The average Bonchev–Trinajstić information content (AvgIpc) is 2.84. The van der Waals surface area contributed by atoms with Gasteiger partial charge in [0.15, 0.2) is 5.17 Å². The smallest absolute Gasteiger partial charge is 0.238 e. The van der Waals surface area contributed by atoms with Gasteiger partial charge in [0.05, 0.1) is 19.3 Å². The number of amidine groups is 1. The van der Waals surface area contributed by atoms with Crippen molar-refractivity contribution in [1.82, 2.24) is 4.90 Å². The number of aliphatic imine (C=N–C) groups is 1. The molecule has 180 valence electrons. The molecule has 8 heteroatoms. The first-order valence-corrected chi connectivity index (χ1v) is 12.4. The predicted molar refractivity (Wildman–Crippen MR) is 143 cm³/mol. The van der Waals surface area contributed by atoms with Gasteiger partial charge in [-0.15, -0.1) is 0 Å². The molecule has 0 radical (unpaired) electrons. The van der Waals surface area contributed by atoms with Crippen molar-refractivity contribution in [1.29, 1.82) is 0 Å². The first-order valence-electron chi connectivity index (χ1n) is 11.1. The van der Waals surface area contributed by atoms with E-state index in [0.29, 0.717) is 22.4 Å². The predicted octanol–water partition coefficient (Wildman–Crippen LogP) is 6.13. The molecule has 0 aromatic heterocycles. The van der Waals surface area contributed by atoms with Crippen LogP contribution >= 0.6 is 23.4 Å². The molecule has 0 bridgehead atoms. The number of aryl methyl sites for hydroxylation is 2. The minimum absolute atomic E-state index is 0.0806. The fourth-order valence-electron chi connectivity index (χ4n) is 3.70. The number of benzene rings is 3. The van der Waals surface area contributed by atoms with E-state index in [2.05, 4.69) is 5.32 Å². The minimum Gasteiger partial charge on any atom is -0.497 e. The zero-order valence-corrected chi connectivity index (χ0v) is 21.3. The van der Waals surface area contributed by atoms with Crippen LogP contribution in [0.25, 0.3) is 0 Å². The highest BCUT2D eigenvalue weighted by Gasteiger charge is 2.36. The average molecular weight is 508 g/mol. The van der Waals surface area contributed by atoms with Crippen molar-refractivity contribution in [3.63, 3.8) is 0 Å². The molecule has 1 aliphatic rings. The van der Waals surface area contributed by atoms with E-state index in [1.807, 2.05) is 56.3 Å². The van der Waals surface area contributed by atoms with E-state index in [1.165, 1.54) is 11.8 Å². The molecule has 35 heavy (non-hydrogen) atoms. The van der Waals surface area contributed by atoms with Gasteiger partial charge in [-0.3, -0.25) is 14.5 Å². The summed E-state index contributed by atoms with van der Waals surface area (Å²) in [4.78, 5) is 32.7. The van der Waals surface area contributed by atoms with E-state index < -0.39 is 5.25 Å². The SMILES string of the molecule is COc1ccc(CN2C(=O)C[C@H](C(=O)Nc3ccc(C)cc3C)SC2=Nc2ccc(Cl)cc2)cc1. The lowest BCUT2D eigenvalue weighted by Gasteiger charge is -2.32. The van der Waals surface area contributed by atoms with Gasteiger partial charge in [-0.1, -0.05) is 53.2 Å². The summed E-state index contributed by atoms with van der Waals surface area (Å²) in [5.74, 6) is 0.363. The highest BCUT2D eigenvalue weighted by atomic mass is 35.5. The Morgan fingerprint density at radius 1 is 1.11 bits per heavy atom. The lowest BCUT2D eigenvalue weighted by atomic mass is 10.1. The summed E-state index contributed by atoms with van der Waals surface area (Å²) in [5, 5.41) is 3.46. The van der Waals surface area contributed by atoms with E-state index in [9.17, 15) is 9.59 Å². The minimum atomic E-state index is -0.596. The first-order chi connectivity index (χ1) is 16.8. The summed E-state index contributed by atoms with van der Waals surface area (Å²) in [7, 11) is 1.61. The quantitative estimate of drug-likeness (QED) is 0.436. The molecule has 3 aromatic rings. The van der Waals surface area contributed by atoms with E-state index in [4.69, 9.17) is 21.3 Å². The van der Waals surface area contributed by atoms with Crippen LogP contribution in [0, 0.1) is 13.8 Å². The van der Waals surface area contributed by atoms with Crippen LogP contribution in [0.4, 0.5) is 11.4 Å². The van der Waals surface area contributed by atoms with Gasteiger partial charge in [0.25, 0.3) is 0 Å². The zero-order valence-electron chi connectivity index (χ0n) is 19.7. The monoisotopic (exact) mass is 507 g/mol. The second-order valence-corrected chi connectivity index (χ2v) is 9.92. The van der Waals surface area contributed by atoms with Gasteiger partial charge in [0.2, 0.25) is 11.8 Å². The van der Waals surface area contributed by atoms with Crippen LogP contribution in [0.3, 0.4) is 0 Å². The van der Waals surface area contributed by atoms with Crippen LogP contribution in [0.1, 0.15) is 23.1 Å². The lowest BCUT2D eigenvalue weighted by molar-refractivity contribution is -0.129. The van der Waals surface area contributed by atoms with Gasteiger partial charge in [-0.2, -0.15) is 0 Å². The number of nitrogens with one attached hydrogen (secondary N) is 1. The third-order valence-corrected chi connectivity index (χ3v) is 7.06. The second kappa shape index (κ2) is 11.0. The second-order valence-electron chi connectivity index (χ2n) is 8.32. The maximum absolute atomic E-state index is 13.3. The Balaban J connectivity index is 1.59. The van der Waals surface area contributed by atoms with Crippen molar-refractivity contribution in [3.05, 3.63) is 88.4 Å². The molecule has 1 saturated heterocycles. The number of rotatable bonds is 6. The largest absolute Gasteiger partial charge is 0.497 e. The van der Waals surface area contributed by atoms with Gasteiger partial charge in [-0.05, 0) is 67.4 Å². The number of amides is 2. The number of ether oxygens (including phenoxy) is 1. The Kier molecular flexibility index (Phi) is 7.78. The summed E-state index contributed by atoms with van der Waals surface area (Å²) in [6.45, 7) is 4.30. The number of thioether (sulfide) groups is 1. The Labute approximate surface area is 214 Å². The Bertz CT molecular complexity index is 1260. The molecule has 3 aromatic carbocycles. The topological polar surface area (TPSA) is 71.0 Å². The maximum Gasteiger partial charge on any atom is 0.238 e. The molecule has 4 rings (SSSR count). The van der Waals surface area contributed by atoms with Crippen LogP contribution in [-0.4, -0.2) is 34.2 Å². The molecule has 1 aliphatic heterocycles. The van der Waals surface area contributed by atoms with Crippen molar-refractivity contribution in [2.45, 2.75) is 32.1 Å². The summed E-state index contributed by atoms with van der Waals surface area (Å²) in [5.41, 5.74) is 4.42. The molecule has 1 fully saturated rings. The third-order valence-electron chi connectivity index (χ3n) is 5.62. The van der Waals surface area contributed by atoms with E-state index >= 15 is 0 Å². The number of carbonyl (C=O) groups is 2. The number of anilines is 1. The lowest BCUT2D eigenvalue weighted by Crippen LogP contribution is -2.44. The van der Waals surface area contributed by atoms with Gasteiger partial charge >= 0.3 is 0 Å². The molecule has 1 heterocycles. The fraction of sp³-hybridized carbons (Fsp3) is 0.222. The summed E-state index contributed by atoms with van der Waals surface area (Å²) in [6.07, 6.45) is 0.0806. The molecular weight excluding hydrogens is 482 g/mol. The number of halogens is 1. The van der Waals surface area contributed by atoms with Crippen molar-refractivity contribution in [2.75, 3.05) is 12.4 Å². The van der Waals surface area contributed by atoms with Gasteiger partial charge in [0.1, 0.15) is 11.0 Å². The number of hydrogen-bond donors (Lipinski definition) is 1. The molecule has 0 spiro atoms. The van der Waals surface area contributed by atoms with Crippen molar-refractivity contribution in [2.24, 2.45) is 4.99 Å². The first kappa shape index (κ1) is 24.8. The van der Waals surface area contributed by atoms with Crippen LogP contribution in [0.15, 0.2) is 71.7 Å². The molecule has 1 atom stereocenters. The Morgan fingerprint density at radius 2 is 1.83 bits per heavy atom. The van der Waals surface area contributed by atoms with Gasteiger partial charge in [0, 0.05) is 17.1 Å². The molecule has 6 nitrogen and oxygen atoms in total. The van der Waals surface area contributed by atoms with Crippen molar-refractivity contribution >= 4 is 51.7 Å². The fourth-order valence-corrected chi connectivity index (χ4v) is 4.93. The molecular formula is C27H26ClN3O3S. The molecule has 0 unspecified atom stereocenters. The Hall–Kier alpha value is -3.29. The highest BCUT2D eigenvalue weighted by molar-refractivity contribution is 8.15. The molecule has 0 aliphatic carbocycles. The van der Waals surface area contributed by atoms with Crippen molar-refractivity contribution < 1.29 is 14.3 Å². The number of carbonyl (C=O) groups excluding carboxylic acids is 2. The molecule has 2 amide bonds. The van der Waals surface area contributed by atoms with Crippen LogP contribution < -0.4 is 10.1 Å². The van der Waals surface area contributed by atoms with Gasteiger partial charge in [-0.25, -0.2) is 4.99 Å². The zero-order chi connectivity index (χ0) is 24.9. The van der Waals surface area contributed by atoms with Crippen LogP contribution in [-0.2, 0) is 16.1 Å². The third kappa shape index (κ3) is 6.24. The van der Waals surface area contributed by atoms with E-state index in [0.717, 1.165) is 28.1 Å². The molecule has 1 N–H and O–H groups in total. The standard InChI is InChI=1S/C27H26ClN3O3S/c1-17-4-13-23(18(2)14-17)30-26(33)24-15-25(32)31(16-19-5-11-22(34-3)12-6-19)27(35-24)29-21-9-7-20(28)8-10-21/h4-14,24H,15-16H2,1-3H3,(H,30,33)/t24-/m1/s1. The number of methoxy groups -OCH3 is 1. The van der Waals surface area contributed by atoms with Crippen LogP contribution in [0.2, 0.25) is 5.02 Å². The normalized spacial score (nSPS) is 16.9. The van der Waals surface area contributed by atoms with Crippen molar-refractivity contribution in [3.8, 4) is 5.75 Å². The number of hydrogen-bond acceptors (Lipinski definition) is 5. The molecule has 0 saturated carbocycles. The van der Waals surface area contributed by atoms with Gasteiger partial charge < -0.3 is 10.1 Å². The summed E-state index contributed by atoms with van der Waals surface area (Å²) in [6, 6.07) is 20.4. The van der Waals surface area contributed by atoms with Crippen LogP contribution in [0.5, 0.6) is 5.75 Å².